The lowest BCUT2D eigenvalue weighted by molar-refractivity contribution is -0.116. The third-order valence-electron chi connectivity index (χ3n) is 5.35. The van der Waals surface area contributed by atoms with Crippen LogP contribution in [0.3, 0.4) is 0 Å². The van der Waals surface area contributed by atoms with Gasteiger partial charge in [-0.15, -0.1) is 11.3 Å². The van der Waals surface area contributed by atoms with Gasteiger partial charge < -0.3 is 11.1 Å². The number of benzene rings is 3. The minimum Gasteiger partial charge on any atom is -0.375 e. The first-order valence-corrected chi connectivity index (χ1v) is 11.9. The van der Waals surface area contributed by atoms with Crippen LogP contribution in [0.15, 0.2) is 90.3 Å². The first-order valence-electron chi connectivity index (χ1n) is 11.0. The van der Waals surface area contributed by atoms with Crippen LogP contribution in [0, 0.1) is 0 Å². The van der Waals surface area contributed by atoms with Crippen molar-refractivity contribution < 1.29 is 4.79 Å². The fraction of sp³-hybridized carbons (Fsp3) is 0.185. The van der Waals surface area contributed by atoms with Gasteiger partial charge in [-0.25, -0.2) is 4.98 Å². The molecular weight excluding hydrogens is 428 g/mol. The van der Waals surface area contributed by atoms with Gasteiger partial charge in [-0.2, -0.15) is 0 Å². The summed E-state index contributed by atoms with van der Waals surface area (Å²) in [4.78, 5) is 19.3. The Morgan fingerprint density at radius 2 is 1.45 bits per heavy atom. The zero-order valence-electron chi connectivity index (χ0n) is 18.5. The minimum absolute atomic E-state index is 0.0150. The lowest BCUT2D eigenvalue weighted by Crippen LogP contribution is -2.27. The molecule has 4 aromatic rings. The van der Waals surface area contributed by atoms with Gasteiger partial charge in [-0.3, -0.25) is 9.69 Å². The van der Waals surface area contributed by atoms with E-state index in [9.17, 15) is 4.79 Å². The van der Waals surface area contributed by atoms with Crippen LogP contribution in [-0.2, 0) is 24.3 Å². The number of hydrogen-bond donors (Lipinski definition) is 2. The zero-order chi connectivity index (χ0) is 22.9. The molecule has 0 radical (unpaired) electrons. The molecule has 5 nitrogen and oxygen atoms in total. The normalized spacial score (nSPS) is 10.9. The Hall–Kier alpha value is -3.48. The third-order valence-corrected chi connectivity index (χ3v) is 6.07. The Morgan fingerprint density at radius 3 is 2.00 bits per heavy atom. The Morgan fingerprint density at radius 1 is 0.848 bits per heavy atom. The maximum atomic E-state index is 12.6. The van der Waals surface area contributed by atoms with E-state index >= 15 is 0 Å². The summed E-state index contributed by atoms with van der Waals surface area (Å²) in [5.41, 5.74) is 11.1. The van der Waals surface area contributed by atoms with Crippen molar-refractivity contribution in [2.75, 3.05) is 17.6 Å². The molecule has 1 aromatic heterocycles. The monoisotopic (exact) mass is 456 g/mol. The van der Waals surface area contributed by atoms with Crippen molar-refractivity contribution in [1.29, 1.82) is 0 Å². The summed E-state index contributed by atoms with van der Waals surface area (Å²) in [6.45, 7) is 2.29. The smallest absolute Gasteiger partial charge is 0.225 e. The summed E-state index contributed by atoms with van der Waals surface area (Å²) >= 11 is 1.45. The number of carbonyl (C=O) groups is 1. The number of nitrogens with one attached hydrogen (secondary N) is 1. The van der Waals surface area contributed by atoms with Crippen LogP contribution in [-0.4, -0.2) is 22.3 Å². The van der Waals surface area contributed by atoms with Gasteiger partial charge in [0.25, 0.3) is 0 Å². The molecule has 0 saturated heterocycles. The summed E-state index contributed by atoms with van der Waals surface area (Å²) in [7, 11) is 0. The molecule has 0 spiro atoms. The number of hydrogen-bond acceptors (Lipinski definition) is 5. The number of anilines is 2. The van der Waals surface area contributed by atoms with E-state index in [1.165, 1.54) is 22.5 Å². The Labute approximate surface area is 198 Å². The standard InChI is InChI=1S/C27H28N4OS/c28-27-30-25(20-33-27)17-21-11-13-24(14-12-21)29-26(32)15-16-31(18-22-7-3-1-4-8-22)19-23-9-5-2-6-10-23/h1-14,20H,15-19H2,(H2,28,30)(H,29,32). The molecule has 33 heavy (non-hydrogen) atoms. The van der Waals surface area contributed by atoms with Crippen molar-refractivity contribution in [3.05, 3.63) is 113 Å². The SMILES string of the molecule is Nc1nc(Cc2ccc(NC(=O)CCN(Cc3ccccc3)Cc3ccccc3)cc2)cs1. The van der Waals surface area contributed by atoms with E-state index in [0.29, 0.717) is 18.1 Å². The van der Waals surface area contributed by atoms with Gasteiger partial charge in [-0.05, 0) is 28.8 Å². The predicted molar refractivity (Wildman–Crippen MR) is 136 cm³/mol. The lowest BCUT2D eigenvalue weighted by Gasteiger charge is -2.22. The molecule has 0 saturated carbocycles. The molecule has 0 aliphatic carbocycles. The maximum absolute atomic E-state index is 12.6. The average molecular weight is 457 g/mol. The number of thiazole rings is 1. The number of amides is 1. The Kier molecular flexibility index (Phi) is 7.85. The van der Waals surface area contributed by atoms with E-state index in [4.69, 9.17) is 5.73 Å². The largest absolute Gasteiger partial charge is 0.375 e. The molecule has 3 N–H and O–H groups in total. The third kappa shape index (κ3) is 7.27. The number of nitrogens with zero attached hydrogens (tertiary/aromatic N) is 2. The predicted octanol–water partition coefficient (Wildman–Crippen LogP) is 5.35. The molecule has 0 bridgehead atoms. The molecule has 4 rings (SSSR count). The molecule has 0 fully saturated rings. The number of nitrogens with two attached hydrogens (primary N) is 1. The number of nitrogen functional groups attached to an aromatic ring is 1. The fourth-order valence-electron chi connectivity index (χ4n) is 3.70. The van der Waals surface area contributed by atoms with E-state index in [1.54, 1.807) is 0 Å². The maximum Gasteiger partial charge on any atom is 0.225 e. The first-order chi connectivity index (χ1) is 16.1. The highest BCUT2D eigenvalue weighted by molar-refractivity contribution is 7.13. The van der Waals surface area contributed by atoms with Gasteiger partial charge in [0.05, 0.1) is 5.69 Å². The molecule has 1 heterocycles. The van der Waals surface area contributed by atoms with Crippen LogP contribution < -0.4 is 11.1 Å². The van der Waals surface area contributed by atoms with Crippen LogP contribution in [0.2, 0.25) is 0 Å². The summed E-state index contributed by atoms with van der Waals surface area (Å²) in [6.07, 6.45) is 1.16. The van der Waals surface area contributed by atoms with Crippen molar-refractivity contribution in [3.63, 3.8) is 0 Å². The van der Waals surface area contributed by atoms with Crippen molar-refractivity contribution in [2.45, 2.75) is 25.9 Å². The quantitative estimate of drug-likeness (QED) is 0.338. The van der Waals surface area contributed by atoms with Crippen LogP contribution in [0.5, 0.6) is 0 Å². The van der Waals surface area contributed by atoms with Crippen LogP contribution in [0.1, 0.15) is 28.8 Å². The molecule has 168 valence electrons. The summed E-state index contributed by atoms with van der Waals surface area (Å²) in [5.74, 6) is 0.0150. The second kappa shape index (κ2) is 11.4. The summed E-state index contributed by atoms with van der Waals surface area (Å²) in [6, 6.07) is 28.7. The zero-order valence-corrected chi connectivity index (χ0v) is 19.3. The second-order valence-electron chi connectivity index (χ2n) is 8.03. The van der Waals surface area contributed by atoms with E-state index in [1.807, 2.05) is 41.8 Å². The van der Waals surface area contributed by atoms with Gasteiger partial charge in [0.15, 0.2) is 5.13 Å². The Balaban J connectivity index is 1.31. The fourth-order valence-corrected chi connectivity index (χ4v) is 4.26. The molecule has 0 aliphatic rings. The topological polar surface area (TPSA) is 71.2 Å². The molecule has 0 unspecified atom stereocenters. The van der Waals surface area contributed by atoms with Crippen LogP contribution in [0.25, 0.3) is 0 Å². The highest BCUT2D eigenvalue weighted by Crippen LogP contribution is 2.17. The van der Waals surface area contributed by atoms with E-state index in [2.05, 4.69) is 63.7 Å². The van der Waals surface area contributed by atoms with Crippen molar-refractivity contribution in [2.24, 2.45) is 0 Å². The molecular formula is C27H28N4OS. The second-order valence-corrected chi connectivity index (χ2v) is 8.92. The summed E-state index contributed by atoms with van der Waals surface area (Å²) in [5, 5.41) is 5.58. The van der Waals surface area contributed by atoms with Gasteiger partial charge in [0.1, 0.15) is 0 Å². The summed E-state index contributed by atoms with van der Waals surface area (Å²) < 4.78 is 0. The van der Waals surface area contributed by atoms with Gasteiger partial charge in [0, 0.05) is 43.5 Å². The van der Waals surface area contributed by atoms with Crippen LogP contribution >= 0.6 is 11.3 Å². The van der Waals surface area contributed by atoms with Gasteiger partial charge in [-0.1, -0.05) is 72.8 Å². The number of aromatic nitrogens is 1. The Bertz CT molecular complexity index is 1100. The number of rotatable bonds is 10. The molecule has 1 amide bonds. The first kappa shape index (κ1) is 22.7. The van der Waals surface area contributed by atoms with Gasteiger partial charge >= 0.3 is 0 Å². The van der Waals surface area contributed by atoms with Gasteiger partial charge in [0.2, 0.25) is 5.91 Å². The minimum atomic E-state index is 0.0150. The average Bonchev–Trinajstić information content (AvgIpc) is 3.24. The molecule has 0 atom stereocenters. The van der Waals surface area contributed by atoms with Crippen molar-refractivity contribution >= 4 is 28.1 Å². The van der Waals surface area contributed by atoms with Crippen LogP contribution in [0.4, 0.5) is 10.8 Å². The van der Waals surface area contributed by atoms with Crippen molar-refractivity contribution in [3.8, 4) is 0 Å². The number of carbonyl (C=O) groups excluding carboxylic acids is 1. The van der Waals surface area contributed by atoms with E-state index in [0.717, 1.165) is 36.5 Å². The van der Waals surface area contributed by atoms with E-state index in [-0.39, 0.29) is 5.91 Å². The highest BCUT2D eigenvalue weighted by Gasteiger charge is 2.11. The van der Waals surface area contributed by atoms with E-state index < -0.39 is 0 Å². The molecule has 0 aliphatic heterocycles. The highest BCUT2D eigenvalue weighted by atomic mass is 32.1. The molecule has 6 heteroatoms. The lowest BCUT2D eigenvalue weighted by atomic mass is 10.1. The van der Waals surface area contributed by atoms with Crippen molar-refractivity contribution in [1.82, 2.24) is 9.88 Å². The molecule has 3 aromatic carbocycles.